The quantitative estimate of drug-likeness (QED) is 0.168. The summed E-state index contributed by atoms with van der Waals surface area (Å²) in [5.74, 6) is -3.49. The Balaban J connectivity index is 1.36. The molecule has 2 unspecified atom stereocenters. The van der Waals surface area contributed by atoms with Crippen LogP contribution in [0.25, 0.3) is 0 Å². The summed E-state index contributed by atoms with van der Waals surface area (Å²) >= 11 is 2.02. The Hall–Kier alpha value is -4.77. The van der Waals surface area contributed by atoms with E-state index in [0.717, 1.165) is 52.3 Å². The number of thioether (sulfide) groups is 1. The van der Waals surface area contributed by atoms with Crippen molar-refractivity contribution in [2.45, 2.75) is 48.4 Å². The van der Waals surface area contributed by atoms with Crippen molar-refractivity contribution in [3.8, 4) is 0 Å². The minimum atomic E-state index is -3.92. The van der Waals surface area contributed by atoms with Crippen molar-refractivity contribution in [1.82, 2.24) is 4.57 Å². The van der Waals surface area contributed by atoms with Crippen LogP contribution in [0.1, 0.15) is 47.5 Å². The number of amides is 3. The Morgan fingerprint density at radius 2 is 1.55 bits per heavy atom. The van der Waals surface area contributed by atoms with E-state index in [9.17, 15) is 32.4 Å². The number of ether oxygens (including phenoxy) is 1. The van der Waals surface area contributed by atoms with E-state index in [1.165, 1.54) is 53.1 Å². The summed E-state index contributed by atoms with van der Waals surface area (Å²) in [7, 11) is -3.92. The zero-order valence-corrected chi connectivity index (χ0v) is 30.3. The number of nitrogens with two attached hydrogens (primary N) is 1. The van der Waals surface area contributed by atoms with Gasteiger partial charge < -0.3 is 15.0 Å². The molecular formula is C35H35N5O8S3. The molecule has 4 aromatic rings. The van der Waals surface area contributed by atoms with E-state index in [1.807, 2.05) is 24.3 Å². The molecule has 0 saturated carbocycles. The number of fused-ring (bicyclic) bond motifs is 2. The Morgan fingerprint density at radius 1 is 0.902 bits per heavy atom. The Morgan fingerprint density at radius 3 is 2.14 bits per heavy atom. The predicted molar refractivity (Wildman–Crippen MR) is 195 cm³/mol. The van der Waals surface area contributed by atoms with Gasteiger partial charge in [-0.15, -0.1) is 0 Å². The zero-order valence-electron chi connectivity index (χ0n) is 27.9. The normalized spacial score (nSPS) is 18.3. The van der Waals surface area contributed by atoms with Gasteiger partial charge in [0.15, 0.2) is 0 Å². The lowest BCUT2D eigenvalue weighted by Gasteiger charge is -2.31. The number of hydrogen-bond donors (Lipinski definition) is 2. The van der Waals surface area contributed by atoms with Crippen LogP contribution < -0.4 is 25.1 Å². The SMILES string of the molecule is CCOC(=O)c1ccc(N2C(=O)C3Sc4c(sc(=O)n4CC(=O)Nc4ccc(S(N)(=O)=O)cc4)[C@H](c4ccc(N(CC)CC)cc4)C3C2=O)cc1. The number of rotatable bonds is 11. The number of anilines is 3. The molecule has 1 saturated heterocycles. The fraction of sp³-hybridized carbons (Fsp3) is 0.286. The number of thiazole rings is 1. The van der Waals surface area contributed by atoms with Crippen LogP contribution in [0.5, 0.6) is 0 Å². The molecule has 3 N–H and O–H groups in total. The monoisotopic (exact) mass is 749 g/mol. The first kappa shape index (κ1) is 36.0. The van der Waals surface area contributed by atoms with Crippen molar-refractivity contribution in [3.05, 3.63) is 98.5 Å². The summed E-state index contributed by atoms with van der Waals surface area (Å²) < 4.78 is 29.6. The van der Waals surface area contributed by atoms with Crippen molar-refractivity contribution >= 4 is 73.9 Å². The third-order valence-corrected chi connectivity index (χ3v) is 12.4. The summed E-state index contributed by atoms with van der Waals surface area (Å²) in [6.45, 7) is 7.21. The number of aromatic nitrogens is 1. The number of carbonyl (C=O) groups excluding carboxylic acids is 4. The molecule has 1 fully saturated rings. The third-order valence-electron chi connectivity index (χ3n) is 8.84. The Labute approximate surface area is 302 Å². The van der Waals surface area contributed by atoms with Crippen LogP contribution in [0, 0.1) is 5.92 Å². The van der Waals surface area contributed by atoms with E-state index in [0.29, 0.717) is 21.3 Å². The number of esters is 1. The van der Waals surface area contributed by atoms with Gasteiger partial charge in [-0.25, -0.2) is 23.3 Å². The predicted octanol–water partition coefficient (Wildman–Crippen LogP) is 4.01. The highest BCUT2D eigenvalue weighted by Gasteiger charge is 2.56. The average Bonchev–Trinajstić information content (AvgIpc) is 3.55. The van der Waals surface area contributed by atoms with Gasteiger partial charge in [0.25, 0.3) is 0 Å². The molecule has 0 spiro atoms. The first-order valence-electron chi connectivity index (χ1n) is 16.2. The number of nitrogens with one attached hydrogen (secondary N) is 1. The molecule has 13 nitrogen and oxygen atoms in total. The van der Waals surface area contributed by atoms with Gasteiger partial charge in [-0.3, -0.25) is 23.7 Å². The number of nitrogens with zero attached hydrogens (tertiary/aromatic N) is 3. The van der Waals surface area contributed by atoms with Crippen molar-refractivity contribution in [3.63, 3.8) is 0 Å². The summed E-state index contributed by atoms with van der Waals surface area (Å²) in [5, 5.41) is 7.35. The van der Waals surface area contributed by atoms with E-state index in [4.69, 9.17) is 9.88 Å². The molecule has 3 atom stereocenters. The summed E-state index contributed by atoms with van der Waals surface area (Å²) in [5.41, 5.74) is 2.61. The largest absolute Gasteiger partial charge is 0.462 e. The fourth-order valence-electron chi connectivity index (χ4n) is 6.38. The van der Waals surface area contributed by atoms with Crippen LogP contribution in [-0.4, -0.2) is 61.6 Å². The van der Waals surface area contributed by atoms with Gasteiger partial charge in [-0.1, -0.05) is 35.2 Å². The molecule has 51 heavy (non-hydrogen) atoms. The second-order valence-corrected chi connectivity index (χ2v) is 15.5. The highest BCUT2D eigenvalue weighted by molar-refractivity contribution is 8.00. The van der Waals surface area contributed by atoms with Crippen LogP contribution in [0.15, 0.2) is 87.5 Å². The number of hydrogen-bond acceptors (Lipinski definition) is 11. The second kappa shape index (κ2) is 14.5. The lowest BCUT2D eigenvalue weighted by Crippen LogP contribution is -2.33. The molecule has 2 aliphatic rings. The smallest absolute Gasteiger partial charge is 0.338 e. The van der Waals surface area contributed by atoms with Gasteiger partial charge in [0, 0.05) is 35.3 Å². The molecule has 1 aromatic heterocycles. The number of primary sulfonamides is 1. The van der Waals surface area contributed by atoms with Crippen LogP contribution >= 0.6 is 23.1 Å². The zero-order chi connectivity index (χ0) is 36.6. The molecular weight excluding hydrogens is 715 g/mol. The van der Waals surface area contributed by atoms with Gasteiger partial charge in [0.1, 0.15) is 11.8 Å². The topological polar surface area (TPSA) is 178 Å². The molecule has 0 radical (unpaired) electrons. The van der Waals surface area contributed by atoms with Crippen molar-refractivity contribution in [2.75, 3.05) is 34.8 Å². The molecule has 2 aliphatic heterocycles. The number of sulfonamides is 1. The molecule has 0 bridgehead atoms. The fourth-order valence-corrected chi connectivity index (χ4v) is 9.67. The van der Waals surface area contributed by atoms with Crippen molar-refractivity contribution in [1.29, 1.82) is 0 Å². The standard InChI is InChI=1S/C35H35N5O8S3/c1-4-38(5-2)23-13-7-20(8-14-23)27-28-29(32(43)40(31(28)42)24-15-9-21(10-16-24)34(44)48-6-3)49-33-30(27)50-35(45)39(33)19-26(41)37-22-11-17-25(18-12-22)51(36,46)47/h7-18,27-29H,4-6,19H2,1-3H3,(H,37,41)(H2,36,46,47)/t27-,28?,29?/m1/s1. The molecule has 3 amide bonds. The maximum absolute atomic E-state index is 14.3. The van der Waals surface area contributed by atoms with Gasteiger partial charge in [-0.05, 0) is 87.0 Å². The molecule has 266 valence electrons. The van der Waals surface area contributed by atoms with Crippen molar-refractivity contribution < 1.29 is 32.3 Å². The number of carbonyl (C=O) groups is 4. The van der Waals surface area contributed by atoms with Gasteiger partial charge in [0.2, 0.25) is 27.7 Å². The number of imide groups is 1. The minimum absolute atomic E-state index is 0.120. The van der Waals surface area contributed by atoms with Crippen molar-refractivity contribution in [2.24, 2.45) is 11.1 Å². The molecule has 0 aliphatic carbocycles. The maximum Gasteiger partial charge on any atom is 0.338 e. The maximum atomic E-state index is 14.3. The highest BCUT2D eigenvalue weighted by Crippen LogP contribution is 2.54. The lowest BCUT2D eigenvalue weighted by atomic mass is 9.83. The third kappa shape index (κ3) is 6.96. The summed E-state index contributed by atoms with van der Waals surface area (Å²) in [6, 6.07) is 19.1. The Kier molecular flexibility index (Phi) is 10.2. The van der Waals surface area contributed by atoms with E-state index in [1.54, 1.807) is 6.92 Å². The minimum Gasteiger partial charge on any atom is -0.462 e. The van der Waals surface area contributed by atoms with Gasteiger partial charge in [0.05, 0.1) is 33.7 Å². The second-order valence-electron chi connectivity index (χ2n) is 11.8. The first-order valence-corrected chi connectivity index (χ1v) is 19.4. The van der Waals surface area contributed by atoms with E-state index < -0.39 is 55.7 Å². The van der Waals surface area contributed by atoms with Crippen LogP contribution in [0.2, 0.25) is 0 Å². The van der Waals surface area contributed by atoms with E-state index >= 15 is 0 Å². The van der Waals surface area contributed by atoms with E-state index in [2.05, 4.69) is 24.1 Å². The molecule has 6 rings (SSSR count). The van der Waals surface area contributed by atoms with Crippen LogP contribution in [-0.2, 0) is 35.7 Å². The molecule has 3 heterocycles. The highest BCUT2D eigenvalue weighted by atomic mass is 32.2. The summed E-state index contributed by atoms with van der Waals surface area (Å²) in [4.78, 5) is 70.8. The first-order chi connectivity index (χ1) is 24.4. The van der Waals surface area contributed by atoms with Crippen LogP contribution in [0.3, 0.4) is 0 Å². The average molecular weight is 750 g/mol. The molecule has 3 aromatic carbocycles. The van der Waals surface area contributed by atoms with Crippen LogP contribution in [0.4, 0.5) is 17.1 Å². The Bertz CT molecular complexity index is 2160. The molecule has 16 heteroatoms. The van der Waals surface area contributed by atoms with Gasteiger partial charge >= 0.3 is 10.8 Å². The number of benzene rings is 3. The van der Waals surface area contributed by atoms with Gasteiger partial charge in [-0.2, -0.15) is 0 Å². The van der Waals surface area contributed by atoms with E-state index in [-0.39, 0.29) is 23.6 Å². The summed E-state index contributed by atoms with van der Waals surface area (Å²) in [6.07, 6.45) is 0. The lowest BCUT2D eigenvalue weighted by molar-refractivity contribution is -0.122.